The lowest BCUT2D eigenvalue weighted by molar-refractivity contribution is -0.319. The molecule has 3 rings (SSSR count). The Labute approximate surface area is 174 Å². The molecule has 1 saturated carbocycles. The lowest BCUT2D eigenvalue weighted by Gasteiger charge is -2.43. The third-order valence-electron chi connectivity index (χ3n) is 5.35. The Morgan fingerprint density at radius 3 is 2.47 bits per heavy atom. The number of esters is 1. The molecule has 9 nitrogen and oxygen atoms in total. The van der Waals surface area contributed by atoms with Crippen molar-refractivity contribution in [3.8, 4) is 5.75 Å². The van der Waals surface area contributed by atoms with Crippen LogP contribution in [0.1, 0.15) is 31.2 Å². The summed E-state index contributed by atoms with van der Waals surface area (Å²) in [5, 5.41) is 49.8. The van der Waals surface area contributed by atoms with E-state index in [2.05, 4.69) is 0 Å². The number of hydrogen-bond donors (Lipinski definition) is 5. The SMILES string of the molecule is O=C(C=Cc1ccc(O)cc1)OC1C(CO)OC(OC2CCCCC2O)C(O)C1O. The molecule has 5 N–H and O–H groups in total. The van der Waals surface area contributed by atoms with E-state index in [-0.39, 0.29) is 5.75 Å². The van der Waals surface area contributed by atoms with Gasteiger partial charge in [0.2, 0.25) is 0 Å². The topological polar surface area (TPSA) is 146 Å². The van der Waals surface area contributed by atoms with Crippen molar-refractivity contribution >= 4 is 12.0 Å². The zero-order valence-electron chi connectivity index (χ0n) is 16.4. The minimum atomic E-state index is -1.55. The smallest absolute Gasteiger partial charge is 0.331 e. The Hall–Kier alpha value is -2.01. The molecular formula is C21H28O9. The number of aliphatic hydroxyl groups is 4. The van der Waals surface area contributed by atoms with Crippen molar-refractivity contribution < 1.29 is 44.5 Å². The molecule has 30 heavy (non-hydrogen) atoms. The number of rotatable bonds is 6. The van der Waals surface area contributed by atoms with Crippen molar-refractivity contribution in [3.63, 3.8) is 0 Å². The van der Waals surface area contributed by atoms with Crippen LogP contribution in [0.5, 0.6) is 5.75 Å². The van der Waals surface area contributed by atoms with Gasteiger partial charge in [-0.1, -0.05) is 25.0 Å². The van der Waals surface area contributed by atoms with Crippen LogP contribution < -0.4 is 0 Å². The van der Waals surface area contributed by atoms with Crippen LogP contribution in [0.4, 0.5) is 0 Å². The Bertz CT molecular complexity index is 718. The van der Waals surface area contributed by atoms with E-state index in [9.17, 15) is 30.3 Å². The number of aliphatic hydroxyl groups excluding tert-OH is 4. The quantitative estimate of drug-likeness (QED) is 0.316. The number of ether oxygens (including phenoxy) is 3. The molecular weight excluding hydrogens is 396 g/mol. The van der Waals surface area contributed by atoms with E-state index in [0.29, 0.717) is 18.4 Å². The summed E-state index contributed by atoms with van der Waals surface area (Å²) < 4.78 is 16.4. The average molecular weight is 424 g/mol. The van der Waals surface area contributed by atoms with Gasteiger partial charge in [0.1, 0.15) is 24.1 Å². The van der Waals surface area contributed by atoms with Crippen LogP contribution in [0, 0.1) is 0 Å². The molecule has 0 aromatic heterocycles. The molecule has 0 bridgehead atoms. The van der Waals surface area contributed by atoms with Crippen LogP contribution in [0.25, 0.3) is 6.08 Å². The highest BCUT2D eigenvalue weighted by atomic mass is 16.7. The second kappa shape index (κ2) is 10.3. The van der Waals surface area contributed by atoms with Gasteiger partial charge in [0.15, 0.2) is 12.4 Å². The summed E-state index contributed by atoms with van der Waals surface area (Å²) >= 11 is 0. The number of carbonyl (C=O) groups is 1. The molecule has 1 aromatic carbocycles. The summed E-state index contributed by atoms with van der Waals surface area (Å²) in [4.78, 5) is 12.2. The number of phenolic OH excluding ortho intramolecular Hbond substituents is 1. The van der Waals surface area contributed by atoms with E-state index < -0.39 is 55.5 Å². The van der Waals surface area contributed by atoms with E-state index in [1.54, 1.807) is 12.1 Å². The largest absolute Gasteiger partial charge is 0.508 e. The van der Waals surface area contributed by atoms with Gasteiger partial charge in [-0.3, -0.25) is 0 Å². The van der Waals surface area contributed by atoms with Gasteiger partial charge in [-0.2, -0.15) is 0 Å². The van der Waals surface area contributed by atoms with Crippen LogP contribution in [0.2, 0.25) is 0 Å². The maximum atomic E-state index is 12.2. The monoisotopic (exact) mass is 424 g/mol. The molecule has 9 heteroatoms. The van der Waals surface area contributed by atoms with E-state index in [0.717, 1.165) is 18.9 Å². The highest BCUT2D eigenvalue weighted by molar-refractivity contribution is 5.87. The van der Waals surface area contributed by atoms with Gasteiger partial charge in [0.05, 0.1) is 18.8 Å². The molecule has 1 heterocycles. The van der Waals surface area contributed by atoms with E-state index in [1.807, 2.05) is 0 Å². The minimum Gasteiger partial charge on any atom is -0.508 e. The fourth-order valence-corrected chi connectivity index (χ4v) is 3.64. The summed E-state index contributed by atoms with van der Waals surface area (Å²) in [6.45, 7) is -0.573. The van der Waals surface area contributed by atoms with E-state index >= 15 is 0 Å². The molecule has 1 aromatic rings. The summed E-state index contributed by atoms with van der Waals surface area (Å²) in [5.74, 6) is -0.710. The lowest BCUT2D eigenvalue weighted by atomic mass is 9.94. The third-order valence-corrected chi connectivity index (χ3v) is 5.35. The first-order valence-electron chi connectivity index (χ1n) is 10.0. The number of aromatic hydroxyl groups is 1. The Kier molecular flexibility index (Phi) is 7.81. The molecule has 7 atom stereocenters. The van der Waals surface area contributed by atoms with E-state index in [1.165, 1.54) is 18.2 Å². The summed E-state index contributed by atoms with van der Waals surface area (Å²) in [5.41, 5.74) is 0.642. The van der Waals surface area contributed by atoms with Gasteiger partial charge in [-0.15, -0.1) is 0 Å². The molecule has 1 aliphatic carbocycles. The van der Waals surface area contributed by atoms with Gasteiger partial charge < -0.3 is 39.7 Å². The van der Waals surface area contributed by atoms with Crippen molar-refractivity contribution in [3.05, 3.63) is 35.9 Å². The second-order valence-electron chi connectivity index (χ2n) is 7.56. The van der Waals surface area contributed by atoms with E-state index in [4.69, 9.17) is 14.2 Å². The second-order valence-corrected chi connectivity index (χ2v) is 7.56. The normalized spacial score (nSPS) is 34.7. The molecule has 7 unspecified atom stereocenters. The number of benzene rings is 1. The molecule has 166 valence electrons. The van der Waals surface area contributed by atoms with Crippen molar-refractivity contribution in [2.75, 3.05) is 6.61 Å². The predicted molar refractivity (Wildman–Crippen MR) is 104 cm³/mol. The minimum absolute atomic E-state index is 0.0921. The number of hydrogen-bond acceptors (Lipinski definition) is 9. The van der Waals surface area contributed by atoms with Gasteiger partial charge >= 0.3 is 5.97 Å². The molecule has 0 spiro atoms. The van der Waals surface area contributed by atoms with Gasteiger partial charge in [0, 0.05) is 6.08 Å². The zero-order valence-corrected chi connectivity index (χ0v) is 16.4. The third kappa shape index (κ3) is 5.57. The highest BCUT2D eigenvalue weighted by Crippen LogP contribution is 2.29. The van der Waals surface area contributed by atoms with Crippen LogP contribution in [-0.2, 0) is 19.0 Å². The first-order valence-corrected chi connectivity index (χ1v) is 10.0. The molecule has 0 amide bonds. The van der Waals surface area contributed by atoms with Crippen LogP contribution in [-0.4, -0.2) is 81.0 Å². The Morgan fingerprint density at radius 2 is 1.80 bits per heavy atom. The van der Waals surface area contributed by atoms with Crippen molar-refractivity contribution in [2.24, 2.45) is 0 Å². The van der Waals surface area contributed by atoms with Gasteiger partial charge in [-0.25, -0.2) is 4.79 Å². The number of carbonyl (C=O) groups excluding carboxylic acids is 1. The van der Waals surface area contributed by atoms with Crippen molar-refractivity contribution in [1.82, 2.24) is 0 Å². The van der Waals surface area contributed by atoms with Crippen LogP contribution in [0.15, 0.2) is 30.3 Å². The fraction of sp³-hybridized carbons (Fsp3) is 0.571. The summed E-state index contributed by atoms with van der Waals surface area (Å²) in [6, 6.07) is 6.12. The fourth-order valence-electron chi connectivity index (χ4n) is 3.64. The Balaban J connectivity index is 1.61. The molecule has 2 fully saturated rings. The van der Waals surface area contributed by atoms with Crippen LogP contribution in [0.3, 0.4) is 0 Å². The van der Waals surface area contributed by atoms with Crippen molar-refractivity contribution in [1.29, 1.82) is 0 Å². The predicted octanol–water partition coefficient (Wildman–Crippen LogP) is 0.0763. The lowest BCUT2D eigenvalue weighted by Crippen LogP contribution is -2.61. The standard InChI is InChI=1S/C21H28O9/c22-11-16-20(30-17(25)10-7-12-5-8-13(23)9-6-12)18(26)19(27)21(29-16)28-15-4-2-1-3-14(15)24/h5-10,14-16,18-24,26-27H,1-4,11H2. The molecule has 1 saturated heterocycles. The average Bonchev–Trinajstić information content (AvgIpc) is 2.74. The molecule has 2 aliphatic rings. The maximum absolute atomic E-state index is 12.2. The Morgan fingerprint density at radius 1 is 1.10 bits per heavy atom. The first kappa shape index (κ1) is 22.7. The zero-order chi connectivity index (χ0) is 21.7. The van der Waals surface area contributed by atoms with Crippen LogP contribution >= 0.6 is 0 Å². The first-order chi connectivity index (χ1) is 14.4. The summed E-state index contributed by atoms with van der Waals surface area (Å²) in [6.07, 6.45) is -2.50. The molecule has 1 aliphatic heterocycles. The maximum Gasteiger partial charge on any atom is 0.331 e. The van der Waals surface area contributed by atoms with Crippen molar-refractivity contribution in [2.45, 2.75) is 68.6 Å². The summed E-state index contributed by atoms with van der Waals surface area (Å²) in [7, 11) is 0. The number of phenols is 1. The van der Waals surface area contributed by atoms with Gasteiger partial charge in [0.25, 0.3) is 0 Å². The van der Waals surface area contributed by atoms with Gasteiger partial charge in [-0.05, 0) is 36.6 Å². The molecule has 0 radical (unpaired) electrons. The highest BCUT2D eigenvalue weighted by Gasteiger charge is 2.48.